The summed E-state index contributed by atoms with van der Waals surface area (Å²) in [6.45, 7) is 2.24. The number of carbonyl (C=O) groups is 2. The number of hydrogen-bond donors (Lipinski definition) is 2. The van der Waals surface area contributed by atoms with E-state index in [0.29, 0.717) is 12.2 Å². The Morgan fingerprint density at radius 2 is 1.88 bits per heavy atom. The Kier molecular flexibility index (Phi) is 6.31. The second-order valence-electron chi connectivity index (χ2n) is 5.36. The third-order valence-electron chi connectivity index (χ3n) is 3.48. The molecule has 2 N–H and O–H groups in total. The molecule has 0 spiro atoms. The Labute approximate surface area is 141 Å². The molecule has 0 saturated heterocycles. The molecule has 0 unspecified atom stereocenters. The summed E-state index contributed by atoms with van der Waals surface area (Å²) in [6, 6.07) is 9.09. The fraction of sp³-hybridized carbons (Fsp3) is 0.278. The smallest absolute Gasteiger partial charge is 0.226 e. The quantitative estimate of drug-likeness (QED) is 0.816. The Balaban J connectivity index is 1.74. The molecule has 1 aromatic heterocycles. The molecule has 2 amide bonds. The van der Waals surface area contributed by atoms with Gasteiger partial charge >= 0.3 is 0 Å². The number of carbonyl (C=O) groups excluding carboxylic acids is 2. The highest BCUT2D eigenvalue weighted by Gasteiger charge is 2.07. The van der Waals surface area contributed by atoms with Crippen molar-refractivity contribution in [3.05, 3.63) is 53.9 Å². The van der Waals surface area contributed by atoms with Crippen LogP contribution in [0.25, 0.3) is 0 Å². The second-order valence-corrected chi connectivity index (χ2v) is 5.36. The largest absolute Gasteiger partial charge is 0.496 e. The van der Waals surface area contributed by atoms with E-state index in [0.717, 1.165) is 16.9 Å². The molecule has 0 aliphatic carbocycles. The number of pyridine rings is 1. The van der Waals surface area contributed by atoms with Crippen molar-refractivity contribution < 1.29 is 14.3 Å². The van der Waals surface area contributed by atoms with Gasteiger partial charge in [-0.3, -0.25) is 14.6 Å². The van der Waals surface area contributed by atoms with Gasteiger partial charge in [-0.1, -0.05) is 12.1 Å². The number of methoxy groups -OCH3 is 1. The maximum Gasteiger partial charge on any atom is 0.226 e. The lowest BCUT2D eigenvalue weighted by Crippen LogP contribution is -2.28. The van der Waals surface area contributed by atoms with Gasteiger partial charge in [0.05, 0.1) is 13.5 Å². The molecule has 2 aromatic rings. The van der Waals surface area contributed by atoms with Crippen molar-refractivity contribution >= 4 is 17.5 Å². The van der Waals surface area contributed by atoms with Crippen molar-refractivity contribution in [3.63, 3.8) is 0 Å². The number of aryl methyl sites for hydroxylation is 1. The van der Waals surface area contributed by atoms with E-state index < -0.39 is 0 Å². The number of anilines is 1. The maximum atomic E-state index is 11.9. The third kappa shape index (κ3) is 5.39. The molecule has 0 bridgehead atoms. The number of amides is 2. The van der Waals surface area contributed by atoms with E-state index in [2.05, 4.69) is 15.6 Å². The lowest BCUT2D eigenvalue weighted by molar-refractivity contribution is -0.120. The van der Waals surface area contributed by atoms with E-state index in [1.807, 2.05) is 25.1 Å². The standard InChI is InChI=1S/C18H21N3O3/c1-13-3-4-14(11-16(13)24-2)12-18(23)20-10-7-17(22)21-15-5-8-19-9-6-15/h3-6,8-9,11H,7,10,12H2,1-2H3,(H,20,23)(H,19,21,22). The van der Waals surface area contributed by atoms with Gasteiger partial charge in [-0.05, 0) is 36.2 Å². The van der Waals surface area contributed by atoms with Crippen LogP contribution in [0.15, 0.2) is 42.7 Å². The predicted molar refractivity (Wildman–Crippen MR) is 91.9 cm³/mol. The maximum absolute atomic E-state index is 11.9. The highest BCUT2D eigenvalue weighted by Crippen LogP contribution is 2.19. The van der Waals surface area contributed by atoms with Crippen LogP contribution < -0.4 is 15.4 Å². The van der Waals surface area contributed by atoms with Crippen molar-refractivity contribution in [1.29, 1.82) is 0 Å². The first-order valence-corrected chi connectivity index (χ1v) is 7.68. The van der Waals surface area contributed by atoms with Crippen LogP contribution in [0.4, 0.5) is 5.69 Å². The molecule has 0 fully saturated rings. The van der Waals surface area contributed by atoms with Gasteiger partial charge in [0, 0.05) is 31.0 Å². The molecular weight excluding hydrogens is 306 g/mol. The van der Waals surface area contributed by atoms with Gasteiger partial charge in [0.25, 0.3) is 0 Å². The highest BCUT2D eigenvalue weighted by molar-refractivity contribution is 5.91. The van der Waals surface area contributed by atoms with Crippen molar-refractivity contribution in [1.82, 2.24) is 10.3 Å². The molecule has 6 heteroatoms. The fourth-order valence-electron chi connectivity index (χ4n) is 2.20. The summed E-state index contributed by atoms with van der Waals surface area (Å²) >= 11 is 0. The van der Waals surface area contributed by atoms with E-state index in [4.69, 9.17) is 4.74 Å². The monoisotopic (exact) mass is 327 g/mol. The van der Waals surface area contributed by atoms with Crippen LogP contribution in [0.5, 0.6) is 5.75 Å². The van der Waals surface area contributed by atoms with E-state index >= 15 is 0 Å². The SMILES string of the molecule is COc1cc(CC(=O)NCCC(=O)Nc2ccncc2)ccc1C. The number of nitrogens with zero attached hydrogens (tertiary/aromatic N) is 1. The molecular formula is C18H21N3O3. The number of nitrogens with one attached hydrogen (secondary N) is 2. The summed E-state index contributed by atoms with van der Waals surface area (Å²) in [5.41, 5.74) is 2.58. The fourth-order valence-corrected chi connectivity index (χ4v) is 2.20. The van der Waals surface area contributed by atoms with Crippen LogP contribution in [-0.2, 0) is 16.0 Å². The van der Waals surface area contributed by atoms with E-state index in [9.17, 15) is 9.59 Å². The van der Waals surface area contributed by atoms with Crippen LogP contribution in [0.3, 0.4) is 0 Å². The van der Waals surface area contributed by atoms with E-state index in [1.165, 1.54) is 0 Å². The first-order valence-electron chi connectivity index (χ1n) is 7.68. The molecule has 0 aliphatic rings. The molecule has 0 radical (unpaired) electrons. The van der Waals surface area contributed by atoms with E-state index in [1.54, 1.807) is 31.6 Å². The number of aromatic nitrogens is 1. The number of rotatable bonds is 7. The van der Waals surface area contributed by atoms with Gasteiger partial charge in [-0.25, -0.2) is 0 Å². The molecule has 0 aliphatic heterocycles. The summed E-state index contributed by atoms with van der Waals surface area (Å²) < 4.78 is 5.25. The van der Waals surface area contributed by atoms with E-state index in [-0.39, 0.29) is 24.7 Å². The zero-order valence-corrected chi connectivity index (χ0v) is 13.8. The first kappa shape index (κ1) is 17.5. The van der Waals surface area contributed by atoms with Gasteiger partial charge in [-0.15, -0.1) is 0 Å². The van der Waals surface area contributed by atoms with Gasteiger partial charge < -0.3 is 15.4 Å². The molecule has 126 valence electrons. The van der Waals surface area contributed by atoms with Crippen LogP contribution in [0.2, 0.25) is 0 Å². The van der Waals surface area contributed by atoms with Crippen LogP contribution in [0, 0.1) is 6.92 Å². The summed E-state index contributed by atoms with van der Waals surface area (Å²) in [5.74, 6) is 0.480. The normalized spacial score (nSPS) is 10.1. The number of hydrogen-bond acceptors (Lipinski definition) is 4. The summed E-state index contributed by atoms with van der Waals surface area (Å²) in [7, 11) is 1.60. The van der Waals surface area contributed by atoms with Crippen LogP contribution >= 0.6 is 0 Å². The minimum atomic E-state index is -0.154. The zero-order chi connectivity index (χ0) is 17.4. The lowest BCUT2D eigenvalue weighted by Gasteiger charge is -2.09. The third-order valence-corrected chi connectivity index (χ3v) is 3.48. The average molecular weight is 327 g/mol. The lowest BCUT2D eigenvalue weighted by atomic mass is 10.1. The van der Waals surface area contributed by atoms with Crippen LogP contribution in [0.1, 0.15) is 17.5 Å². The molecule has 24 heavy (non-hydrogen) atoms. The predicted octanol–water partition coefficient (Wildman–Crippen LogP) is 2.09. The van der Waals surface area contributed by atoms with Crippen molar-refractivity contribution in [2.75, 3.05) is 19.0 Å². The minimum Gasteiger partial charge on any atom is -0.496 e. The molecule has 6 nitrogen and oxygen atoms in total. The Morgan fingerprint density at radius 1 is 1.12 bits per heavy atom. The van der Waals surface area contributed by atoms with Gasteiger partial charge in [0.1, 0.15) is 5.75 Å². The topological polar surface area (TPSA) is 80.3 Å². The minimum absolute atomic E-state index is 0.127. The second kappa shape index (κ2) is 8.67. The summed E-state index contributed by atoms with van der Waals surface area (Å²) in [6.07, 6.45) is 3.67. The zero-order valence-electron chi connectivity index (χ0n) is 13.8. The molecule has 1 heterocycles. The molecule has 1 aromatic carbocycles. The molecule has 0 saturated carbocycles. The Bertz CT molecular complexity index is 702. The number of ether oxygens (including phenoxy) is 1. The van der Waals surface area contributed by atoms with Crippen molar-refractivity contribution in [2.24, 2.45) is 0 Å². The van der Waals surface area contributed by atoms with Crippen LogP contribution in [-0.4, -0.2) is 30.5 Å². The van der Waals surface area contributed by atoms with Gasteiger partial charge in [0.15, 0.2) is 0 Å². The average Bonchev–Trinajstić information content (AvgIpc) is 2.57. The van der Waals surface area contributed by atoms with Crippen molar-refractivity contribution in [2.45, 2.75) is 19.8 Å². The highest BCUT2D eigenvalue weighted by atomic mass is 16.5. The van der Waals surface area contributed by atoms with Gasteiger partial charge in [-0.2, -0.15) is 0 Å². The molecule has 2 rings (SSSR count). The Morgan fingerprint density at radius 3 is 2.58 bits per heavy atom. The van der Waals surface area contributed by atoms with Crippen molar-refractivity contribution in [3.8, 4) is 5.75 Å². The Hall–Kier alpha value is -2.89. The van der Waals surface area contributed by atoms with Gasteiger partial charge in [0.2, 0.25) is 11.8 Å². The summed E-state index contributed by atoms with van der Waals surface area (Å²) in [5, 5.41) is 5.49. The first-order chi connectivity index (χ1) is 11.6. The molecule has 0 atom stereocenters. The summed E-state index contributed by atoms with van der Waals surface area (Å²) in [4.78, 5) is 27.6. The number of benzene rings is 1.